The maximum absolute atomic E-state index is 12.7. The molecule has 2 aliphatic heterocycles. The Hall–Kier alpha value is -1.79. The molecule has 6 heteroatoms. The van der Waals surface area contributed by atoms with Crippen molar-refractivity contribution >= 4 is 5.91 Å². The van der Waals surface area contributed by atoms with Gasteiger partial charge in [0.25, 0.3) is 0 Å². The summed E-state index contributed by atoms with van der Waals surface area (Å²) >= 11 is 0. The van der Waals surface area contributed by atoms with E-state index in [0.717, 1.165) is 31.1 Å². The Bertz CT molecular complexity index is 566. The minimum absolute atomic E-state index is 0.121. The molecule has 0 aliphatic carbocycles. The van der Waals surface area contributed by atoms with Gasteiger partial charge in [0.2, 0.25) is 5.91 Å². The van der Waals surface area contributed by atoms with Crippen molar-refractivity contribution < 1.29 is 14.3 Å². The van der Waals surface area contributed by atoms with Crippen LogP contribution in [-0.4, -0.2) is 73.7 Å². The van der Waals surface area contributed by atoms with Crippen molar-refractivity contribution in [3.8, 4) is 11.5 Å². The summed E-state index contributed by atoms with van der Waals surface area (Å²) in [5.74, 6) is 1.69. The van der Waals surface area contributed by atoms with Gasteiger partial charge in [0.05, 0.1) is 13.1 Å². The molecular formula is C18H27N3O3. The van der Waals surface area contributed by atoms with Crippen molar-refractivity contribution in [3.05, 3.63) is 24.3 Å². The lowest BCUT2D eigenvalue weighted by molar-refractivity contribution is -0.134. The summed E-state index contributed by atoms with van der Waals surface area (Å²) in [5.41, 5.74) is 0. The predicted molar refractivity (Wildman–Crippen MR) is 92.5 cm³/mol. The number of carbonyl (C=O) groups excluding carboxylic acids is 1. The number of benzene rings is 1. The van der Waals surface area contributed by atoms with E-state index in [1.807, 2.05) is 36.1 Å². The number of hydrogen-bond acceptors (Lipinski definition) is 5. The maximum atomic E-state index is 12.7. The Morgan fingerprint density at radius 2 is 2.17 bits per heavy atom. The summed E-state index contributed by atoms with van der Waals surface area (Å²) in [6, 6.07) is 8.06. The van der Waals surface area contributed by atoms with Gasteiger partial charge >= 0.3 is 0 Å². The van der Waals surface area contributed by atoms with Crippen LogP contribution in [0.1, 0.15) is 13.8 Å². The van der Waals surface area contributed by atoms with E-state index < -0.39 is 0 Å². The number of rotatable bonds is 5. The molecule has 1 unspecified atom stereocenters. The van der Waals surface area contributed by atoms with Gasteiger partial charge < -0.3 is 19.7 Å². The topological polar surface area (TPSA) is 54.0 Å². The average molecular weight is 333 g/mol. The van der Waals surface area contributed by atoms with Crippen LogP contribution < -0.4 is 14.8 Å². The van der Waals surface area contributed by atoms with Gasteiger partial charge in [0.15, 0.2) is 17.6 Å². The van der Waals surface area contributed by atoms with Crippen molar-refractivity contribution in [2.24, 2.45) is 0 Å². The van der Waals surface area contributed by atoms with E-state index in [1.165, 1.54) is 0 Å². The SMILES string of the molecule is CCN(CC1COc2ccccc2O1)C(=O)CN1CCNC[C@H]1C. The fourth-order valence-electron chi connectivity index (χ4n) is 3.20. The van der Waals surface area contributed by atoms with E-state index in [9.17, 15) is 4.79 Å². The first-order chi connectivity index (χ1) is 11.7. The molecule has 3 rings (SSSR count). The molecule has 1 fully saturated rings. The van der Waals surface area contributed by atoms with Crippen LogP contribution in [0, 0.1) is 0 Å². The number of nitrogens with zero attached hydrogens (tertiary/aromatic N) is 2. The molecule has 1 saturated heterocycles. The molecule has 0 bridgehead atoms. The molecule has 0 aromatic heterocycles. The van der Waals surface area contributed by atoms with Crippen molar-refractivity contribution in [2.75, 3.05) is 45.9 Å². The average Bonchev–Trinajstić information content (AvgIpc) is 2.61. The first-order valence-electron chi connectivity index (χ1n) is 8.78. The van der Waals surface area contributed by atoms with Gasteiger partial charge in [0.1, 0.15) is 6.61 Å². The number of para-hydroxylation sites is 2. The van der Waals surface area contributed by atoms with E-state index in [1.54, 1.807) is 0 Å². The zero-order valence-corrected chi connectivity index (χ0v) is 14.5. The smallest absolute Gasteiger partial charge is 0.236 e. The summed E-state index contributed by atoms with van der Waals surface area (Å²) in [4.78, 5) is 16.8. The lowest BCUT2D eigenvalue weighted by Gasteiger charge is -2.36. The number of amides is 1. The molecule has 132 valence electrons. The van der Waals surface area contributed by atoms with E-state index in [2.05, 4.69) is 17.1 Å². The van der Waals surface area contributed by atoms with Crippen molar-refractivity contribution in [1.82, 2.24) is 15.1 Å². The van der Waals surface area contributed by atoms with Gasteiger partial charge in [0, 0.05) is 32.2 Å². The Kier molecular flexibility index (Phi) is 5.58. The summed E-state index contributed by atoms with van der Waals surface area (Å²) in [6.45, 7) is 9.16. The first-order valence-corrected chi connectivity index (χ1v) is 8.78. The normalized spacial score (nSPS) is 23.8. The van der Waals surface area contributed by atoms with E-state index >= 15 is 0 Å². The highest BCUT2D eigenvalue weighted by atomic mass is 16.6. The van der Waals surface area contributed by atoms with E-state index in [-0.39, 0.29) is 12.0 Å². The van der Waals surface area contributed by atoms with Crippen LogP contribution in [0.25, 0.3) is 0 Å². The fourth-order valence-corrected chi connectivity index (χ4v) is 3.20. The number of carbonyl (C=O) groups is 1. The van der Waals surface area contributed by atoms with Gasteiger partial charge in [-0.2, -0.15) is 0 Å². The third-order valence-electron chi connectivity index (χ3n) is 4.70. The summed E-state index contributed by atoms with van der Waals surface area (Å²) in [5, 5.41) is 3.35. The highest BCUT2D eigenvalue weighted by Crippen LogP contribution is 2.31. The molecule has 1 aromatic carbocycles. The molecule has 1 aromatic rings. The maximum Gasteiger partial charge on any atom is 0.236 e. The van der Waals surface area contributed by atoms with Gasteiger partial charge in [-0.3, -0.25) is 9.69 Å². The van der Waals surface area contributed by atoms with Crippen LogP contribution >= 0.6 is 0 Å². The van der Waals surface area contributed by atoms with Crippen LogP contribution in [0.3, 0.4) is 0 Å². The van der Waals surface area contributed by atoms with Gasteiger partial charge in [-0.25, -0.2) is 0 Å². The molecule has 0 spiro atoms. The molecule has 2 aliphatic rings. The molecular weight excluding hydrogens is 306 g/mol. The lowest BCUT2D eigenvalue weighted by Crippen LogP contribution is -2.54. The van der Waals surface area contributed by atoms with Crippen LogP contribution in [0.2, 0.25) is 0 Å². The Balaban J connectivity index is 1.55. The highest BCUT2D eigenvalue weighted by Gasteiger charge is 2.27. The number of nitrogens with one attached hydrogen (secondary N) is 1. The molecule has 0 radical (unpaired) electrons. The zero-order valence-electron chi connectivity index (χ0n) is 14.5. The van der Waals surface area contributed by atoms with Crippen molar-refractivity contribution in [3.63, 3.8) is 0 Å². The molecule has 2 heterocycles. The lowest BCUT2D eigenvalue weighted by atomic mass is 10.2. The quantitative estimate of drug-likeness (QED) is 0.870. The number of fused-ring (bicyclic) bond motifs is 1. The van der Waals surface area contributed by atoms with Gasteiger partial charge in [-0.05, 0) is 26.0 Å². The largest absolute Gasteiger partial charge is 0.486 e. The van der Waals surface area contributed by atoms with Crippen molar-refractivity contribution in [2.45, 2.75) is 26.0 Å². The van der Waals surface area contributed by atoms with Gasteiger partial charge in [-0.1, -0.05) is 12.1 Å². The van der Waals surface area contributed by atoms with Crippen LogP contribution in [0.15, 0.2) is 24.3 Å². The first kappa shape index (κ1) is 17.0. The van der Waals surface area contributed by atoms with Crippen LogP contribution in [0.5, 0.6) is 11.5 Å². The summed E-state index contributed by atoms with van der Waals surface area (Å²) < 4.78 is 11.7. The second kappa shape index (κ2) is 7.85. The number of piperazine rings is 1. The number of likely N-dealkylation sites (N-methyl/N-ethyl adjacent to an activating group) is 1. The van der Waals surface area contributed by atoms with Gasteiger partial charge in [-0.15, -0.1) is 0 Å². The fraction of sp³-hybridized carbons (Fsp3) is 0.611. The second-order valence-corrected chi connectivity index (χ2v) is 6.45. The predicted octanol–water partition coefficient (Wildman–Crippen LogP) is 0.969. The van der Waals surface area contributed by atoms with Crippen molar-refractivity contribution in [1.29, 1.82) is 0 Å². The molecule has 2 atom stereocenters. The monoisotopic (exact) mass is 333 g/mol. The van der Waals surface area contributed by atoms with E-state index in [0.29, 0.717) is 32.3 Å². The Morgan fingerprint density at radius 1 is 1.38 bits per heavy atom. The molecule has 0 saturated carbocycles. The van der Waals surface area contributed by atoms with Crippen LogP contribution in [0.4, 0.5) is 0 Å². The molecule has 24 heavy (non-hydrogen) atoms. The standard InChI is InChI=1S/C18H27N3O3/c1-3-20(18(22)12-21-9-8-19-10-14(21)2)11-15-13-23-16-6-4-5-7-17(16)24-15/h4-7,14-15,19H,3,8-13H2,1-2H3/t14-,15?/m1/s1. The molecule has 6 nitrogen and oxygen atoms in total. The highest BCUT2D eigenvalue weighted by molar-refractivity contribution is 5.78. The summed E-state index contributed by atoms with van der Waals surface area (Å²) in [7, 11) is 0. The Morgan fingerprint density at radius 3 is 2.92 bits per heavy atom. The summed E-state index contributed by atoms with van der Waals surface area (Å²) in [6.07, 6.45) is -0.121. The third-order valence-corrected chi connectivity index (χ3v) is 4.70. The minimum Gasteiger partial charge on any atom is -0.486 e. The second-order valence-electron chi connectivity index (χ2n) is 6.45. The zero-order chi connectivity index (χ0) is 16.9. The van der Waals surface area contributed by atoms with E-state index in [4.69, 9.17) is 9.47 Å². The minimum atomic E-state index is -0.121. The molecule has 1 N–H and O–H groups in total. The van der Waals surface area contributed by atoms with Crippen LogP contribution in [-0.2, 0) is 4.79 Å². The Labute approximate surface area is 143 Å². The molecule has 1 amide bonds. The number of hydrogen-bond donors (Lipinski definition) is 1. The number of ether oxygens (including phenoxy) is 2. The third kappa shape index (κ3) is 3.99.